The Morgan fingerprint density at radius 2 is 1.61 bits per heavy atom. The van der Waals surface area contributed by atoms with Gasteiger partial charge in [-0.2, -0.15) is 0 Å². The van der Waals surface area contributed by atoms with E-state index in [1.165, 1.54) is 0 Å². The third kappa shape index (κ3) is 7.94. The lowest BCUT2D eigenvalue weighted by molar-refractivity contribution is -0.123. The Balaban J connectivity index is 1.57. The van der Waals surface area contributed by atoms with E-state index in [4.69, 9.17) is 14.2 Å². The predicted octanol–water partition coefficient (Wildman–Crippen LogP) is 3.57. The van der Waals surface area contributed by atoms with Gasteiger partial charge < -0.3 is 29.5 Å². The molecule has 180 valence electrons. The molecule has 7 nitrogen and oxygen atoms in total. The van der Waals surface area contributed by atoms with Crippen molar-refractivity contribution in [3.63, 3.8) is 0 Å². The molecule has 0 aromatic heterocycles. The summed E-state index contributed by atoms with van der Waals surface area (Å²) in [6, 6.07) is 14.3. The number of ether oxygens (including phenoxy) is 3. The predicted molar refractivity (Wildman–Crippen MR) is 128 cm³/mol. The molecule has 1 aliphatic heterocycles. The number of carbonyl (C=O) groups excluding carboxylic acids is 1. The number of nitrogens with one attached hydrogen (secondary N) is 1. The van der Waals surface area contributed by atoms with Crippen molar-refractivity contribution < 1.29 is 24.1 Å². The maximum absolute atomic E-state index is 12.7. The Bertz CT molecular complexity index is 848. The van der Waals surface area contributed by atoms with E-state index >= 15 is 0 Å². The fourth-order valence-corrected chi connectivity index (χ4v) is 3.93. The van der Waals surface area contributed by atoms with Gasteiger partial charge in [0.1, 0.15) is 23.4 Å². The highest BCUT2D eigenvalue weighted by atomic mass is 16.5. The van der Waals surface area contributed by atoms with Crippen molar-refractivity contribution in [3.05, 3.63) is 54.1 Å². The molecule has 0 saturated carbocycles. The number of benzene rings is 2. The van der Waals surface area contributed by atoms with Crippen LogP contribution in [0.25, 0.3) is 0 Å². The van der Waals surface area contributed by atoms with Gasteiger partial charge in [0.05, 0.1) is 32.3 Å². The van der Waals surface area contributed by atoms with Crippen molar-refractivity contribution >= 4 is 5.91 Å². The number of amides is 1. The number of hydrogen-bond donors (Lipinski definition) is 2. The molecular weight excluding hydrogens is 420 g/mol. The van der Waals surface area contributed by atoms with E-state index in [-0.39, 0.29) is 25.0 Å². The summed E-state index contributed by atoms with van der Waals surface area (Å²) in [6.45, 7) is 6.79. The van der Waals surface area contributed by atoms with E-state index in [1.54, 1.807) is 7.11 Å². The molecule has 2 aromatic rings. The van der Waals surface area contributed by atoms with Gasteiger partial charge in [0.2, 0.25) is 5.91 Å². The summed E-state index contributed by atoms with van der Waals surface area (Å²) in [5, 5.41) is 14.1. The molecule has 2 aromatic carbocycles. The van der Waals surface area contributed by atoms with E-state index in [0.717, 1.165) is 43.0 Å². The smallest absolute Gasteiger partial charge is 0.223 e. The first-order valence-electron chi connectivity index (χ1n) is 11.7. The molecule has 2 unspecified atom stereocenters. The number of aliphatic hydroxyl groups is 1. The van der Waals surface area contributed by atoms with Crippen LogP contribution in [0.5, 0.6) is 17.2 Å². The minimum atomic E-state index is -0.815. The van der Waals surface area contributed by atoms with Crippen molar-refractivity contribution in [3.8, 4) is 17.2 Å². The van der Waals surface area contributed by atoms with Gasteiger partial charge in [-0.05, 0) is 81.7 Å². The van der Waals surface area contributed by atoms with Crippen molar-refractivity contribution in [2.24, 2.45) is 0 Å². The van der Waals surface area contributed by atoms with Gasteiger partial charge >= 0.3 is 0 Å². The highest BCUT2D eigenvalue weighted by molar-refractivity contribution is 5.76. The molecule has 1 aliphatic rings. The average Bonchev–Trinajstić information content (AvgIpc) is 3.32. The van der Waals surface area contributed by atoms with E-state index in [1.807, 2.05) is 62.4 Å². The van der Waals surface area contributed by atoms with Crippen molar-refractivity contribution in [2.75, 3.05) is 33.4 Å². The second-order valence-electron chi connectivity index (χ2n) is 8.64. The highest BCUT2D eigenvalue weighted by Gasteiger charge is 2.26. The van der Waals surface area contributed by atoms with E-state index in [9.17, 15) is 9.90 Å². The molecule has 2 N–H and O–H groups in total. The van der Waals surface area contributed by atoms with Gasteiger partial charge in [-0.3, -0.25) is 4.79 Å². The Labute approximate surface area is 196 Å². The zero-order chi connectivity index (χ0) is 23.6. The summed E-state index contributed by atoms with van der Waals surface area (Å²) >= 11 is 0. The van der Waals surface area contributed by atoms with Gasteiger partial charge in [0, 0.05) is 6.54 Å². The number of rotatable bonds is 12. The maximum Gasteiger partial charge on any atom is 0.223 e. The summed E-state index contributed by atoms with van der Waals surface area (Å²) in [4.78, 5) is 15.0. The number of hydrogen-bond acceptors (Lipinski definition) is 6. The quantitative estimate of drug-likeness (QED) is 0.508. The molecule has 1 heterocycles. The van der Waals surface area contributed by atoms with Crippen LogP contribution in [0.2, 0.25) is 0 Å². The Morgan fingerprint density at radius 3 is 2.21 bits per heavy atom. The number of nitrogens with zero attached hydrogens (tertiary/aromatic N) is 1. The number of carbonyl (C=O) groups is 1. The molecule has 7 heteroatoms. The van der Waals surface area contributed by atoms with Crippen LogP contribution in [-0.2, 0) is 4.79 Å². The molecule has 0 radical (unpaired) electrons. The van der Waals surface area contributed by atoms with Crippen LogP contribution in [0.3, 0.4) is 0 Å². The minimum absolute atomic E-state index is 0.0862. The number of methoxy groups -OCH3 is 1. The maximum atomic E-state index is 12.7. The molecule has 0 aliphatic carbocycles. The second-order valence-corrected chi connectivity index (χ2v) is 8.64. The third-order valence-electron chi connectivity index (χ3n) is 5.63. The lowest BCUT2D eigenvalue weighted by Gasteiger charge is -2.29. The van der Waals surface area contributed by atoms with Crippen LogP contribution < -0.4 is 19.5 Å². The number of likely N-dealkylation sites (tertiary alicyclic amines) is 1. The molecule has 3 rings (SSSR count). The largest absolute Gasteiger partial charge is 0.497 e. The summed E-state index contributed by atoms with van der Waals surface area (Å²) in [6.07, 6.45) is 1.77. The molecule has 1 amide bonds. The normalized spacial score (nSPS) is 15.8. The topological polar surface area (TPSA) is 80.3 Å². The van der Waals surface area contributed by atoms with Gasteiger partial charge in [0.15, 0.2) is 0 Å². The van der Waals surface area contributed by atoms with Crippen molar-refractivity contribution in [1.82, 2.24) is 10.2 Å². The van der Waals surface area contributed by atoms with Crippen LogP contribution in [0, 0.1) is 0 Å². The lowest BCUT2D eigenvalue weighted by atomic mass is 10.0. The molecule has 0 bridgehead atoms. The minimum Gasteiger partial charge on any atom is -0.497 e. The molecule has 33 heavy (non-hydrogen) atoms. The molecule has 1 saturated heterocycles. The van der Waals surface area contributed by atoms with E-state index in [2.05, 4.69) is 10.2 Å². The third-order valence-corrected chi connectivity index (χ3v) is 5.63. The first-order valence-corrected chi connectivity index (χ1v) is 11.7. The zero-order valence-electron chi connectivity index (χ0n) is 19.8. The summed E-state index contributed by atoms with van der Waals surface area (Å²) in [5.41, 5.74) is 0.755. The van der Waals surface area contributed by atoms with Gasteiger partial charge in [-0.15, -0.1) is 0 Å². The monoisotopic (exact) mass is 456 g/mol. The van der Waals surface area contributed by atoms with Gasteiger partial charge in [-0.1, -0.05) is 12.1 Å². The first-order chi connectivity index (χ1) is 15.9. The van der Waals surface area contributed by atoms with Gasteiger partial charge in [0.25, 0.3) is 0 Å². The van der Waals surface area contributed by atoms with Gasteiger partial charge in [-0.25, -0.2) is 0 Å². The Kier molecular flexibility index (Phi) is 9.39. The van der Waals surface area contributed by atoms with E-state index in [0.29, 0.717) is 12.3 Å². The van der Waals surface area contributed by atoms with Crippen molar-refractivity contribution in [1.29, 1.82) is 0 Å². The second kappa shape index (κ2) is 12.5. The highest BCUT2D eigenvalue weighted by Crippen LogP contribution is 2.23. The molecule has 1 fully saturated rings. The fourth-order valence-electron chi connectivity index (χ4n) is 3.93. The summed E-state index contributed by atoms with van der Waals surface area (Å²) in [7, 11) is 1.61. The molecule has 0 spiro atoms. The Hall–Kier alpha value is -2.77. The van der Waals surface area contributed by atoms with Crippen LogP contribution in [0.4, 0.5) is 0 Å². The average molecular weight is 457 g/mol. The summed E-state index contributed by atoms with van der Waals surface area (Å²) in [5.74, 6) is 2.05. The van der Waals surface area contributed by atoms with Crippen LogP contribution >= 0.6 is 0 Å². The van der Waals surface area contributed by atoms with E-state index < -0.39 is 12.1 Å². The van der Waals surface area contributed by atoms with Crippen molar-refractivity contribution in [2.45, 2.75) is 51.4 Å². The standard InChI is InChI=1S/C26H36N2O5/c1-19(2)33-23-8-6-20(7-9-23)26(30)24(18-28-15-4-5-16-28)27-25(29)14-17-32-22-12-10-21(31-3)11-13-22/h6-13,19,24,26,30H,4-5,14-18H2,1-3H3,(H,27,29). The molecule has 2 atom stereocenters. The first kappa shape index (κ1) is 24.9. The SMILES string of the molecule is COc1ccc(OCCC(=O)NC(CN2CCCC2)C(O)c2ccc(OC(C)C)cc2)cc1. The fraction of sp³-hybridized carbons (Fsp3) is 0.500. The number of aliphatic hydroxyl groups excluding tert-OH is 1. The summed E-state index contributed by atoms with van der Waals surface area (Å²) < 4.78 is 16.5. The van der Waals surface area contributed by atoms with Crippen LogP contribution in [-0.4, -0.2) is 61.4 Å². The zero-order valence-corrected chi connectivity index (χ0v) is 19.8. The molecular formula is C26H36N2O5. The Morgan fingerprint density at radius 1 is 1.00 bits per heavy atom. The van der Waals surface area contributed by atoms with Crippen LogP contribution in [0.1, 0.15) is 44.8 Å². The lowest BCUT2D eigenvalue weighted by Crippen LogP contribution is -2.47. The van der Waals surface area contributed by atoms with Crippen LogP contribution in [0.15, 0.2) is 48.5 Å².